The molecule has 0 spiro atoms. The van der Waals surface area contributed by atoms with Gasteiger partial charge < -0.3 is 19.2 Å². The molecule has 5 nitrogen and oxygen atoms in total. The number of hydrogen-bond acceptors (Lipinski definition) is 6. The summed E-state index contributed by atoms with van der Waals surface area (Å²) < 4.78 is 10.8. The van der Waals surface area contributed by atoms with Crippen LogP contribution in [0, 0.1) is 11.8 Å². The third-order valence-electron chi connectivity index (χ3n) is 6.63. The number of nitrogens with zero attached hydrogens (tertiary/aromatic N) is 2. The predicted octanol–water partition coefficient (Wildman–Crippen LogP) is 5.27. The molecule has 0 bridgehead atoms. The van der Waals surface area contributed by atoms with Gasteiger partial charge in [0.05, 0.1) is 18.9 Å². The number of ether oxygens (including phenoxy) is 1. The van der Waals surface area contributed by atoms with Gasteiger partial charge in [0.1, 0.15) is 5.75 Å². The Bertz CT molecular complexity index is 963. The van der Waals surface area contributed by atoms with Crippen molar-refractivity contribution in [2.24, 2.45) is 11.8 Å². The number of fused-ring (bicyclic) bond motifs is 1. The largest absolute Gasteiger partial charge is 0.497 e. The Hall–Kier alpha value is -2.02. The fourth-order valence-corrected chi connectivity index (χ4v) is 5.61. The fraction of sp³-hybridized carbons (Fsp3) is 0.500. The molecule has 0 aliphatic carbocycles. The number of likely N-dealkylation sites (tertiary alicyclic amines) is 1. The van der Waals surface area contributed by atoms with Gasteiger partial charge in [-0.25, -0.2) is 0 Å². The minimum atomic E-state index is 0.289. The first-order valence-corrected chi connectivity index (χ1v) is 12.7. The molecule has 3 aromatic rings. The zero-order valence-electron chi connectivity index (χ0n) is 18.9. The van der Waals surface area contributed by atoms with Gasteiger partial charge >= 0.3 is 0 Å². The van der Waals surface area contributed by atoms with E-state index in [2.05, 4.69) is 22.0 Å². The van der Waals surface area contributed by atoms with E-state index in [0.29, 0.717) is 11.8 Å². The van der Waals surface area contributed by atoms with Gasteiger partial charge in [-0.05, 0) is 99.0 Å². The molecule has 32 heavy (non-hydrogen) atoms. The van der Waals surface area contributed by atoms with E-state index in [9.17, 15) is 5.11 Å². The number of aryl methyl sites for hydroxylation is 1. The molecular weight excluding hydrogens is 420 g/mol. The number of piperidine rings is 1. The summed E-state index contributed by atoms with van der Waals surface area (Å²) in [6.45, 7) is 3.55. The normalized spacial score (nSPS) is 19.4. The van der Waals surface area contributed by atoms with Crippen LogP contribution in [0.15, 0.2) is 58.4 Å². The lowest BCUT2D eigenvalue weighted by Gasteiger charge is -2.38. The van der Waals surface area contributed by atoms with Crippen molar-refractivity contribution >= 4 is 22.7 Å². The van der Waals surface area contributed by atoms with Gasteiger partial charge in [-0.2, -0.15) is 0 Å². The van der Waals surface area contributed by atoms with Gasteiger partial charge in [-0.15, -0.1) is 0 Å². The molecule has 1 aromatic carbocycles. The van der Waals surface area contributed by atoms with Crippen molar-refractivity contribution in [3.8, 4) is 5.75 Å². The Morgan fingerprint density at radius 1 is 1.22 bits per heavy atom. The number of benzene rings is 1. The van der Waals surface area contributed by atoms with Crippen LogP contribution in [0.5, 0.6) is 5.75 Å². The summed E-state index contributed by atoms with van der Waals surface area (Å²) in [5, 5.41) is 12.2. The van der Waals surface area contributed by atoms with E-state index >= 15 is 0 Å². The summed E-state index contributed by atoms with van der Waals surface area (Å²) in [7, 11) is 1.70. The number of rotatable bonds is 11. The highest BCUT2D eigenvalue weighted by Gasteiger charge is 2.28. The smallest absolute Gasteiger partial charge is 0.160 e. The lowest BCUT2D eigenvalue weighted by molar-refractivity contribution is 0.0677. The minimum Gasteiger partial charge on any atom is -0.497 e. The number of aliphatic hydroxyl groups is 1. The number of methoxy groups -OCH3 is 1. The summed E-state index contributed by atoms with van der Waals surface area (Å²) in [5.41, 5.74) is 2.36. The van der Waals surface area contributed by atoms with Crippen molar-refractivity contribution in [3.63, 3.8) is 0 Å². The number of aliphatic hydroxyl groups excluding tert-OH is 1. The molecule has 1 saturated heterocycles. The maximum Gasteiger partial charge on any atom is 0.160 e. The summed E-state index contributed by atoms with van der Waals surface area (Å²) in [5.74, 6) is 2.94. The zero-order chi connectivity index (χ0) is 22.2. The first-order valence-electron chi connectivity index (χ1n) is 11.7. The molecule has 2 aromatic heterocycles. The Labute approximate surface area is 195 Å². The van der Waals surface area contributed by atoms with Gasteiger partial charge in [-0.3, -0.25) is 4.98 Å². The van der Waals surface area contributed by atoms with Gasteiger partial charge in [0, 0.05) is 30.5 Å². The van der Waals surface area contributed by atoms with Crippen molar-refractivity contribution in [2.45, 2.75) is 37.2 Å². The van der Waals surface area contributed by atoms with Gasteiger partial charge in [0.2, 0.25) is 0 Å². The fourth-order valence-electron chi connectivity index (χ4n) is 4.83. The molecule has 1 aliphatic rings. The molecule has 2 atom stereocenters. The number of hydrogen-bond donors (Lipinski definition) is 1. The number of pyridine rings is 1. The van der Waals surface area contributed by atoms with E-state index in [1.165, 1.54) is 23.8 Å². The second kappa shape index (κ2) is 11.7. The van der Waals surface area contributed by atoms with Crippen molar-refractivity contribution in [3.05, 3.63) is 54.4 Å². The molecule has 0 amide bonds. The highest BCUT2D eigenvalue weighted by molar-refractivity contribution is 7.99. The lowest BCUT2D eigenvalue weighted by Crippen LogP contribution is -2.42. The average Bonchev–Trinajstić information content (AvgIpc) is 3.36. The van der Waals surface area contributed by atoms with E-state index in [1.54, 1.807) is 25.1 Å². The second-order valence-corrected chi connectivity index (χ2v) is 9.77. The molecule has 4 rings (SSSR count). The number of aromatic nitrogens is 1. The van der Waals surface area contributed by atoms with E-state index in [4.69, 9.17) is 9.15 Å². The maximum absolute atomic E-state index is 10.0. The lowest BCUT2D eigenvalue weighted by atomic mass is 9.82. The summed E-state index contributed by atoms with van der Waals surface area (Å²) in [6.07, 6.45) is 9.30. The van der Waals surface area contributed by atoms with Crippen LogP contribution in [0.25, 0.3) is 10.9 Å². The maximum atomic E-state index is 10.0. The minimum absolute atomic E-state index is 0.289. The van der Waals surface area contributed by atoms with Gasteiger partial charge in [0.15, 0.2) is 5.09 Å². The molecule has 0 saturated carbocycles. The standard InChI is InChI=1S/C26H34N2O3S/c1-30-23-8-9-25-24(17-23)21(10-12-27-25)6-2-5-20-11-14-28(18-22(20)19-29)13-4-16-32-26-7-3-15-31-26/h3,7-10,12,15,17,20,22,29H,2,4-6,11,13-14,16,18-19H2,1H3. The van der Waals surface area contributed by atoms with Crippen LogP contribution in [0.1, 0.15) is 31.2 Å². The molecule has 6 heteroatoms. The topological polar surface area (TPSA) is 58.7 Å². The molecule has 172 valence electrons. The van der Waals surface area contributed by atoms with Crippen molar-refractivity contribution < 1.29 is 14.3 Å². The van der Waals surface area contributed by atoms with Crippen LogP contribution >= 0.6 is 11.8 Å². The molecule has 1 fully saturated rings. The average molecular weight is 455 g/mol. The first-order chi connectivity index (χ1) is 15.8. The Morgan fingerprint density at radius 2 is 2.16 bits per heavy atom. The Morgan fingerprint density at radius 3 is 2.97 bits per heavy atom. The second-order valence-electron chi connectivity index (χ2n) is 8.67. The monoisotopic (exact) mass is 454 g/mol. The van der Waals surface area contributed by atoms with Gasteiger partial charge in [-0.1, -0.05) is 11.8 Å². The first kappa shape index (κ1) is 23.1. The van der Waals surface area contributed by atoms with E-state index < -0.39 is 0 Å². The number of furan rings is 1. The predicted molar refractivity (Wildman–Crippen MR) is 130 cm³/mol. The molecular formula is C26H34N2O3S. The van der Waals surface area contributed by atoms with Crippen LogP contribution in [-0.4, -0.2) is 54.1 Å². The highest BCUT2D eigenvalue weighted by Crippen LogP contribution is 2.30. The third-order valence-corrected chi connectivity index (χ3v) is 7.64. The van der Waals surface area contributed by atoms with E-state index in [1.807, 2.05) is 30.5 Å². The molecule has 1 aliphatic heterocycles. The summed E-state index contributed by atoms with van der Waals surface area (Å²) in [6, 6.07) is 12.2. The highest BCUT2D eigenvalue weighted by atomic mass is 32.2. The molecule has 0 radical (unpaired) electrons. The molecule has 2 unspecified atom stereocenters. The van der Waals surface area contributed by atoms with Crippen LogP contribution in [0.4, 0.5) is 0 Å². The molecule has 3 heterocycles. The summed E-state index contributed by atoms with van der Waals surface area (Å²) in [4.78, 5) is 7.02. The Balaban J connectivity index is 1.23. The quantitative estimate of drug-likeness (QED) is 0.315. The van der Waals surface area contributed by atoms with Gasteiger partial charge in [0.25, 0.3) is 0 Å². The summed E-state index contributed by atoms with van der Waals surface area (Å²) >= 11 is 1.78. The third kappa shape index (κ3) is 6.06. The number of thioether (sulfide) groups is 1. The van der Waals surface area contributed by atoms with Crippen LogP contribution in [0.2, 0.25) is 0 Å². The van der Waals surface area contributed by atoms with Crippen LogP contribution < -0.4 is 4.74 Å². The van der Waals surface area contributed by atoms with Crippen molar-refractivity contribution in [1.82, 2.24) is 9.88 Å². The van der Waals surface area contributed by atoms with Crippen molar-refractivity contribution in [1.29, 1.82) is 0 Å². The van der Waals surface area contributed by atoms with E-state index in [0.717, 1.165) is 61.0 Å². The Kier molecular flexibility index (Phi) is 8.49. The van der Waals surface area contributed by atoms with Crippen LogP contribution in [0.3, 0.4) is 0 Å². The SMILES string of the molecule is COc1ccc2nccc(CCCC3CCN(CCCSc4ccco4)CC3CO)c2c1. The van der Waals surface area contributed by atoms with Crippen molar-refractivity contribution in [2.75, 3.05) is 39.1 Å². The van der Waals surface area contributed by atoms with E-state index in [-0.39, 0.29) is 6.61 Å². The van der Waals surface area contributed by atoms with Crippen LogP contribution in [-0.2, 0) is 6.42 Å². The zero-order valence-corrected chi connectivity index (χ0v) is 19.7. The molecule has 1 N–H and O–H groups in total.